The normalized spacial score (nSPS) is 24.9. The van der Waals surface area contributed by atoms with E-state index in [0.29, 0.717) is 0 Å². The third kappa shape index (κ3) is 1.84. The number of hydrogen-bond donors (Lipinski definition) is 1. The van der Waals surface area contributed by atoms with E-state index in [9.17, 15) is 10.1 Å². The molecule has 1 saturated heterocycles. The van der Waals surface area contributed by atoms with E-state index in [1.807, 2.05) is 4.90 Å². The predicted octanol–water partition coefficient (Wildman–Crippen LogP) is 0.502. The average Bonchev–Trinajstić information content (AvgIpc) is 2.79. The number of nitrogens with zero attached hydrogens (tertiary/aromatic N) is 2. The molecule has 0 aromatic carbocycles. The first-order valence-electron chi connectivity index (χ1n) is 5.70. The van der Waals surface area contributed by atoms with Crippen LogP contribution in [0.1, 0.15) is 25.7 Å². The van der Waals surface area contributed by atoms with Gasteiger partial charge < -0.3 is 10.2 Å². The Balaban J connectivity index is 2.08. The Morgan fingerprint density at radius 2 is 1.87 bits per heavy atom. The maximum Gasteiger partial charge on any atom is 0.243 e. The molecule has 0 aromatic heterocycles. The molecule has 1 saturated carbocycles. The van der Waals surface area contributed by atoms with E-state index in [1.165, 1.54) is 0 Å². The molecule has 4 nitrogen and oxygen atoms in total. The van der Waals surface area contributed by atoms with Crippen molar-refractivity contribution in [1.29, 1.82) is 5.26 Å². The number of nitrogens with one attached hydrogen (secondary N) is 1. The van der Waals surface area contributed by atoms with Crippen molar-refractivity contribution in [3.63, 3.8) is 0 Å². The number of piperazine rings is 1. The third-order valence-electron chi connectivity index (χ3n) is 3.48. The highest BCUT2D eigenvalue weighted by molar-refractivity contribution is 5.85. The van der Waals surface area contributed by atoms with E-state index in [1.54, 1.807) is 0 Å². The van der Waals surface area contributed by atoms with Crippen LogP contribution in [-0.2, 0) is 4.79 Å². The molecule has 4 heteroatoms. The molecule has 1 heterocycles. The second-order valence-corrected chi connectivity index (χ2v) is 4.44. The highest BCUT2D eigenvalue weighted by Gasteiger charge is 2.43. The van der Waals surface area contributed by atoms with E-state index in [4.69, 9.17) is 0 Å². The second kappa shape index (κ2) is 4.19. The summed E-state index contributed by atoms with van der Waals surface area (Å²) >= 11 is 0. The van der Waals surface area contributed by atoms with Gasteiger partial charge in [0.15, 0.2) is 0 Å². The molecule has 0 radical (unpaired) electrons. The molecular weight excluding hydrogens is 190 g/mol. The maximum atomic E-state index is 12.2. The lowest BCUT2D eigenvalue weighted by molar-refractivity contribution is -0.139. The first-order valence-corrected chi connectivity index (χ1v) is 5.70. The zero-order chi connectivity index (χ0) is 10.7. The van der Waals surface area contributed by atoms with Crippen LogP contribution in [0.25, 0.3) is 0 Å². The van der Waals surface area contributed by atoms with Gasteiger partial charge in [0.05, 0.1) is 6.07 Å². The zero-order valence-electron chi connectivity index (χ0n) is 8.96. The fraction of sp³-hybridized carbons (Fsp3) is 0.818. The highest BCUT2D eigenvalue weighted by Crippen LogP contribution is 2.39. The van der Waals surface area contributed by atoms with Gasteiger partial charge in [0.2, 0.25) is 5.91 Å². The van der Waals surface area contributed by atoms with E-state index in [-0.39, 0.29) is 5.91 Å². The van der Waals surface area contributed by atoms with Gasteiger partial charge in [-0.05, 0) is 12.8 Å². The van der Waals surface area contributed by atoms with Crippen LogP contribution in [0.5, 0.6) is 0 Å². The first-order chi connectivity index (χ1) is 7.28. The van der Waals surface area contributed by atoms with Crippen molar-refractivity contribution in [2.75, 3.05) is 26.2 Å². The van der Waals surface area contributed by atoms with Gasteiger partial charge in [-0.25, -0.2) is 0 Å². The second-order valence-electron chi connectivity index (χ2n) is 4.44. The highest BCUT2D eigenvalue weighted by atomic mass is 16.2. The molecule has 2 fully saturated rings. The minimum Gasteiger partial charge on any atom is -0.339 e. The van der Waals surface area contributed by atoms with Crippen LogP contribution in [0.4, 0.5) is 0 Å². The van der Waals surface area contributed by atoms with Gasteiger partial charge in [0, 0.05) is 26.2 Å². The SMILES string of the molecule is N#CC1(C(=O)N2CCNCC2)CCCC1. The number of hydrogen-bond acceptors (Lipinski definition) is 3. The Morgan fingerprint density at radius 3 is 2.40 bits per heavy atom. The topological polar surface area (TPSA) is 56.1 Å². The van der Waals surface area contributed by atoms with Crippen LogP contribution in [0.15, 0.2) is 0 Å². The zero-order valence-corrected chi connectivity index (χ0v) is 8.96. The standard InChI is InChI=1S/C11H17N3O/c12-9-11(3-1-2-4-11)10(15)14-7-5-13-6-8-14/h13H,1-8H2. The van der Waals surface area contributed by atoms with Gasteiger partial charge in [-0.1, -0.05) is 12.8 Å². The molecule has 1 aliphatic carbocycles. The Morgan fingerprint density at radius 1 is 1.27 bits per heavy atom. The minimum absolute atomic E-state index is 0.0731. The van der Waals surface area contributed by atoms with E-state index in [0.717, 1.165) is 51.9 Å². The molecule has 1 aliphatic heterocycles. The average molecular weight is 207 g/mol. The lowest BCUT2D eigenvalue weighted by Crippen LogP contribution is -2.51. The number of nitriles is 1. The number of amides is 1. The molecule has 0 bridgehead atoms. The fourth-order valence-electron chi connectivity index (χ4n) is 2.52. The summed E-state index contributed by atoms with van der Waals surface area (Å²) < 4.78 is 0. The third-order valence-corrected chi connectivity index (χ3v) is 3.48. The Kier molecular flexibility index (Phi) is 2.92. The van der Waals surface area contributed by atoms with E-state index in [2.05, 4.69) is 11.4 Å². The number of carbonyl (C=O) groups excluding carboxylic acids is 1. The van der Waals surface area contributed by atoms with E-state index < -0.39 is 5.41 Å². The Bertz CT molecular complexity index is 283. The molecule has 0 atom stereocenters. The van der Waals surface area contributed by atoms with Crippen molar-refractivity contribution in [1.82, 2.24) is 10.2 Å². The van der Waals surface area contributed by atoms with Gasteiger partial charge >= 0.3 is 0 Å². The van der Waals surface area contributed by atoms with Gasteiger partial charge in [-0.2, -0.15) is 5.26 Å². The van der Waals surface area contributed by atoms with Crippen molar-refractivity contribution in [2.24, 2.45) is 5.41 Å². The summed E-state index contributed by atoms with van der Waals surface area (Å²) in [7, 11) is 0. The molecule has 0 aromatic rings. The predicted molar refractivity (Wildman–Crippen MR) is 56.0 cm³/mol. The molecular formula is C11H17N3O. The number of rotatable bonds is 1. The van der Waals surface area contributed by atoms with Crippen LogP contribution in [0, 0.1) is 16.7 Å². The molecule has 82 valence electrons. The quantitative estimate of drug-likeness (QED) is 0.681. The summed E-state index contributed by atoms with van der Waals surface area (Å²) in [4.78, 5) is 14.1. The van der Waals surface area contributed by atoms with Crippen LogP contribution in [0.3, 0.4) is 0 Å². The van der Waals surface area contributed by atoms with Crippen molar-refractivity contribution < 1.29 is 4.79 Å². The van der Waals surface area contributed by atoms with E-state index >= 15 is 0 Å². The first kappa shape index (κ1) is 10.4. The van der Waals surface area contributed by atoms with Crippen molar-refractivity contribution >= 4 is 5.91 Å². The molecule has 1 amide bonds. The largest absolute Gasteiger partial charge is 0.339 e. The van der Waals surface area contributed by atoms with Crippen LogP contribution < -0.4 is 5.32 Å². The molecule has 2 aliphatic rings. The molecule has 15 heavy (non-hydrogen) atoms. The smallest absolute Gasteiger partial charge is 0.243 e. The summed E-state index contributed by atoms with van der Waals surface area (Å²) in [6.07, 6.45) is 3.55. The van der Waals surface area contributed by atoms with Gasteiger partial charge in [-0.15, -0.1) is 0 Å². The minimum atomic E-state index is -0.683. The lowest BCUT2D eigenvalue weighted by atomic mass is 9.86. The van der Waals surface area contributed by atoms with Crippen molar-refractivity contribution in [3.8, 4) is 6.07 Å². The fourth-order valence-corrected chi connectivity index (χ4v) is 2.52. The maximum absolute atomic E-state index is 12.2. The summed E-state index contributed by atoms with van der Waals surface area (Å²) in [6.45, 7) is 3.21. The van der Waals surface area contributed by atoms with Gasteiger partial charge in [0.25, 0.3) is 0 Å². The van der Waals surface area contributed by atoms with Gasteiger partial charge in [0.1, 0.15) is 5.41 Å². The summed E-state index contributed by atoms with van der Waals surface area (Å²) in [5, 5.41) is 12.4. The molecule has 1 N–H and O–H groups in total. The molecule has 0 spiro atoms. The number of carbonyl (C=O) groups is 1. The summed E-state index contributed by atoms with van der Waals surface area (Å²) in [5.41, 5.74) is -0.683. The molecule has 0 unspecified atom stereocenters. The van der Waals surface area contributed by atoms with Gasteiger partial charge in [-0.3, -0.25) is 4.79 Å². The Hall–Kier alpha value is -1.08. The lowest BCUT2D eigenvalue weighted by Gasteiger charge is -2.32. The Labute approximate surface area is 90.2 Å². The van der Waals surface area contributed by atoms with Crippen LogP contribution in [-0.4, -0.2) is 37.0 Å². The summed E-state index contributed by atoms with van der Waals surface area (Å²) in [6, 6.07) is 2.26. The summed E-state index contributed by atoms with van der Waals surface area (Å²) in [5.74, 6) is 0.0731. The molecule has 2 rings (SSSR count). The monoisotopic (exact) mass is 207 g/mol. The van der Waals surface area contributed by atoms with Crippen molar-refractivity contribution in [3.05, 3.63) is 0 Å². The van der Waals surface area contributed by atoms with Crippen LogP contribution >= 0.6 is 0 Å². The van der Waals surface area contributed by atoms with Crippen LogP contribution in [0.2, 0.25) is 0 Å². The van der Waals surface area contributed by atoms with Crippen molar-refractivity contribution in [2.45, 2.75) is 25.7 Å².